The number of para-hydroxylation sites is 2. The number of amides is 1. The van der Waals surface area contributed by atoms with E-state index in [4.69, 9.17) is 30.6 Å². The van der Waals surface area contributed by atoms with Crippen LogP contribution >= 0.6 is 27.5 Å². The van der Waals surface area contributed by atoms with E-state index in [-0.39, 0.29) is 29.3 Å². The highest BCUT2D eigenvalue weighted by atomic mass is 79.9. The van der Waals surface area contributed by atoms with Crippen molar-refractivity contribution in [3.8, 4) is 28.4 Å². The van der Waals surface area contributed by atoms with E-state index >= 15 is 0 Å². The maximum Gasteiger partial charge on any atom is 0.230 e. The summed E-state index contributed by atoms with van der Waals surface area (Å²) in [7, 11) is 3.13. The summed E-state index contributed by atoms with van der Waals surface area (Å²) in [6, 6.07) is 27.7. The molecule has 0 spiro atoms. The van der Waals surface area contributed by atoms with E-state index in [0.29, 0.717) is 49.6 Å². The van der Waals surface area contributed by atoms with Crippen molar-refractivity contribution in [3.63, 3.8) is 0 Å². The third-order valence-electron chi connectivity index (χ3n) is 8.18. The molecule has 2 heterocycles. The number of fused-ring (bicyclic) bond motifs is 1. The van der Waals surface area contributed by atoms with E-state index in [9.17, 15) is 9.59 Å². The van der Waals surface area contributed by atoms with E-state index in [1.54, 1.807) is 38.5 Å². The lowest BCUT2D eigenvalue weighted by Crippen LogP contribution is -2.16. The monoisotopic (exact) mass is 695 g/mol. The van der Waals surface area contributed by atoms with Crippen LogP contribution in [0, 0.1) is 5.92 Å². The van der Waals surface area contributed by atoms with Crippen molar-refractivity contribution in [1.82, 2.24) is 9.78 Å². The summed E-state index contributed by atoms with van der Waals surface area (Å²) in [4.78, 5) is 27.6. The number of anilines is 1. The van der Waals surface area contributed by atoms with Crippen LogP contribution in [0.25, 0.3) is 27.9 Å². The van der Waals surface area contributed by atoms with Crippen LogP contribution in [0.4, 0.5) is 5.69 Å². The van der Waals surface area contributed by atoms with Gasteiger partial charge in [-0.05, 0) is 83.0 Å². The van der Waals surface area contributed by atoms with Gasteiger partial charge in [-0.2, -0.15) is 5.10 Å². The molecule has 1 N–H and O–H groups in total. The zero-order valence-electron chi connectivity index (χ0n) is 24.8. The third kappa shape index (κ3) is 5.46. The first-order valence-electron chi connectivity index (χ1n) is 14.6. The number of hydrogen-bond acceptors (Lipinski definition) is 6. The number of ether oxygens (including phenoxy) is 2. The lowest BCUT2D eigenvalue weighted by atomic mass is 10.0. The number of nitrogens with one attached hydrogen (secondary N) is 1. The zero-order valence-corrected chi connectivity index (χ0v) is 27.1. The highest BCUT2D eigenvalue weighted by Crippen LogP contribution is 2.51. The molecule has 1 saturated carbocycles. The molecule has 46 heavy (non-hydrogen) atoms. The van der Waals surface area contributed by atoms with Gasteiger partial charge in [-0.25, -0.2) is 4.68 Å². The van der Waals surface area contributed by atoms with Gasteiger partial charge in [-0.3, -0.25) is 9.59 Å². The fourth-order valence-corrected chi connectivity index (χ4v) is 6.52. The van der Waals surface area contributed by atoms with Crippen LogP contribution in [0.15, 0.2) is 106 Å². The van der Waals surface area contributed by atoms with Crippen LogP contribution < -0.4 is 14.8 Å². The number of rotatable bonds is 9. The van der Waals surface area contributed by atoms with E-state index in [1.807, 2.05) is 77.6 Å². The van der Waals surface area contributed by atoms with Crippen LogP contribution in [-0.2, 0) is 4.79 Å². The van der Waals surface area contributed by atoms with Gasteiger partial charge < -0.3 is 19.2 Å². The van der Waals surface area contributed by atoms with Gasteiger partial charge in [-0.15, -0.1) is 0 Å². The Morgan fingerprint density at radius 2 is 1.70 bits per heavy atom. The second-order valence-electron chi connectivity index (χ2n) is 11.0. The molecule has 2 atom stereocenters. The summed E-state index contributed by atoms with van der Waals surface area (Å²) in [6.45, 7) is 0. The standard InChI is InChI=1S/C36H27BrClN3O5/c1-44-30-14-13-21(16-27(30)37)34(42)35-33(23-10-6-7-11-29(23)46-35)39-36(43)25-18-24(25)26-19-41(22-8-4-3-5-9-22)40-32(26)20-12-15-31(45-2)28(38)17-20/h3-17,19,24-25H,18H2,1-2H3,(H,39,43). The molecule has 7 rings (SSSR count). The highest BCUT2D eigenvalue weighted by Gasteiger charge is 2.46. The number of carbonyl (C=O) groups is 2. The molecular formula is C36H27BrClN3O5. The molecule has 0 saturated heterocycles. The molecular weight excluding hydrogens is 670 g/mol. The summed E-state index contributed by atoms with van der Waals surface area (Å²) in [5.41, 5.74) is 4.64. The van der Waals surface area contributed by atoms with Crippen molar-refractivity contribution >= 4 is 55.9 Å². The molecule has 4 aromatic carbocycles. The minimum atomic E-state index is -0.356. The molecule has 2 unspecified atom stereocenters. The number of carbonyl (C=O) groups excluding carboxylic acids is 2. The van der Waals surface area contributed by atoms with Crippen molar-refractivity contribution in [2.24, 2.45) is 5.92 Å². The Morgan fingerprint density at radius 1 is 0.957 bits per heavy atom. The summed E-state index contributed by atoms with van der Waals surface area (Å²) in [5, 5.41) is 9.09. The summed E-state index contributed by atoms with van der Waals surface area (Å²) in [6.07, 6.45) is 2.60. The Bertz CT molecular complexity index is 2120. The molecule has 2 aromatic heterocycles. The Kier molecular flexibility index (Phi) is 7.88. The van der Waals surface area contributed by atoms with Crippen LogP contribution in [-0.4, -0.2) is 35.7 Å². The van der Waals surface area contributed by atoms with Crippen LogP contribution in [0.1, 0.15) is 34.0 Å². The highest BCUT2D eigenvalue weighted by molar-refractivity contribution is 9.10. The lowest BCUT2D eigenvalue weighted by molar-refractivity contribution is -0.117. The molecule has 1 aliphatic carbocycles. The molecule has 1 aliphatic rings. The maximum absolute atomic E-state index is 13.9. The second kappa shape index (κ2) is 12.2. The smallest absolute Gasteiger partial charge is 0.230 e. The van der Waals surface area contributed by atoms with Crippen LogP contribution in [0.2, 0.25) is 5.02 Å². The number of benzene rings is 4. The minimum Gasteiger partial charge on any atom is -0.496 e. The van der Waals surface area contributed by atoms with Crippen molar-refractivity contribution in [2.75, 3.05) is 19.5 Å². The molecule has 1 fully saturated rings. The fraction of sp³-hybridized carbons (Fsp3) is 0.139. The van der Waals surface area contributed by atoms with E-state index in [2.05, 4.69) is 21.2 Å². The van der Waals surface area contributed by atoms with E-state index in [1.165, 1.54) is 0 Å². The Morgan fingerprint density at radius 3 is 2.43 bits per heavy atom. The van der Waals surface area contributed by atoms with Crippen molar-refractivity contribution in [2.45, 2.75) is 12.3 Å². The van der Waals surface area contributed by atoms with E-state index in [0.717, 1.165) is 22.5 Å². The van der Waals surface area contributed by atoms with Crippen molar-refractivity contribution in [3.05, 3.63) is 124 Å². The number of halogens is 2. The number of hydrogen-bond donors (Lipinski definition) is 1. The third-order valence-corrected chi connectivity index (χ3v) is 9.09. The topological polar surface area (TPSA) is 95.6 Å². The quantitative estimate of drug-likeness (QED) is 0.152. The Labute approximate surface area is 278 Å². The summed E-state index contributed by atoms with van der Waals surface area (Å²) < 4.78 is 19.2. The van der Waals surface area contributed by atoms with Crippen molar-refractivity contribution in [1.29, 1.82) is 0 Å². The van der Waals surface area contributed by atoms with E-state index < -0.39 is 0 Å². The number of aromatic nitrogens is 2. The summed E-state index contributed by atoms with van der Waals surface area (Å²) >= 11 is 9.95. The first-order chi connectivity index (χ1) is 22.4. The summed E-state index contributed by atoms with van der Waals surface area (Å²) in [5.74, 6) is 0.238. The largest absolute Gasteiger partial charge is 0.496 e. The van der Waals surface area contributed by atoms with Crippen LogP contribution in [0.3, 0.4) is 0 Å². The predicted molar refractivity (Wildman–Crippen MR) is 180 cm³/mol. The number of nitrogens with zero attached hydrogens (tertiary/aromatic N) is 2. The molecule has 6 aromatic rings. The second-order valence-corrected chi connectivity index (χ2v) is 12.2. The normalized spacial score (nSPS) is 15.5. The SMILES string of the molecule is COc1ccc(-c2nn(-c3ccccc3)cc2C2CC2C(=O)Nc2c(C(=O)c3ccc(OC)c(Br)c3)oc3ccccc23)cc1Cl. The molecule has 10 heteroatoms. The van der Waals surface area contributed by atoms with Gasteiger partial charge in [0.25, 0.3) is 0 Å². The lowest BCUT2D eigenvalue weighted by Gasteiger charge is -2.08. The Balaban J connectivity index is 1.21. The molecule has 1 amide bonds. The average Bonchev–Trinajstić information content (AvgIpc) is 3.62. The maximum atomic E-state index is 13.9. The van der Waals surface area contributed by atoms with Crippen LogP contribution in [0.5, 0.6) is 11.5 Å². The fourth-order valence-electron chi connectivity index (χ4n) is 5.72. The van der Waals surface area contributed by atoms with Gasteiger partial charge in [0.15, 0.2) is 5.76 Å². The molecule has 0 bridgehead atoms. The molecule has 230 valence electrons. The predicted octanol–water partition coefficient (Wildman–Crippen LogP) is 8.69. The first-order valence-corrected chi connectivity index (χ1v) is 15.7. The average molecular weight is 697 g/mol. The number of furan rings is 1. The zero-order chi connectivity index (χ0) is 31.9. The number of ketones is 1. The minimum absolute atomic E-state index is 0.0641. The first kappa shape index (κ1) is 29.8. The number of methoxy groups -OCH3 is 2. The van der Waals surface area contributed by atoms with Gasteiger partial charge >= 0.3 is 0 Å². The van der Waals surface area contributed by atoms with Gasteiger partial charge in [0.05, 0.1) is 40.8 Å². The molecule has 8 nitrogen and oxygen atoms in total. The Hall–Kier alpha value is -4.86. The molecule has 0 radical (unpaired) electrons. The van der Waals surface area contributed by atoms with Gasteiger partial charge in [-0.1, -0.05) is 41.9 Å². The van der Waals surface area contributed by atoms with Gasteiger partial charge in [0.1, 0.15) is 17.1 Å². The molecule has 0 aliphatic heterocycles. The van der Waals surface area contributed by atoms with Gasteiger partial charge in [0.2, 0.25) is 11.7 Å². The van der Waals surface area contributed by atoms with Crippen molar-refractivity contribution < 1.29 is 23.5 Å². The van der Waals surface area contributed by atoms with Gasteiger partial charge in [0, 0.05) is 40.1 Å².